The van der Waals surface area contributed by atoms with Crippen LogP contribution < -0.4 is 0 Å². The number of hydrogen-bond donors (Lipinski definition) is 0. The van der Waals surface area contributed by atoms with Gasteiger partial charge in [0.2, 0.25) is 0 Å². The lowest BCUT2D eigenvalue weighted by Crippen LogP contribution is -2.34. The number of benzene rings is 2. The maximum Gasteiger partial charge on any atom is 0.416 e. The molecule has 124 valence electrons. The van der Waals surface area contributed by atoms with Gasteiger partial charge in [0.1, 0.15) is 0 Å². The highest BCUT2D eigenvalue weighted by molar-refractivity contribution is 5.26. The molecule has 1 unspecified atom stereocenters. The molecule has 0 aliphatic rings. The number of nitrogens with zero attached hydrogens (tertiary/aromatic N) is 1. The highest BCUT2D eigenvalue weighted by Gasteiger charge is 2.30. The normalized spacial score (nSPS) is 13.3. The van der Waals surface area contributed by atoms with Gasteiger partial charge in [-0.3, -0.25) is 4.90 Å². The maximum absolute atomic E-state index is 12.8. The van der Waals surface area contributed by atoms with Crippen molar-refractivity contribution >= 4 is 0 Å². The second-order valence-corrected chi connectivity index (χ2v) is 5.80. The summed E-state index contributed by atoms with van der Waals surface area (Å²) < 4.78 is 38.4. The smallest absolute Gasteiger partial charge is 0.296 e. The maximum atomic E-state index is 12.8. The minimum Gasteiger partial charge on any atom is -0.296 e. The van der Waals surface area contributed by atoms with Crippen LogP contribution in [0.1, 0.15) is 30.5 Å². The number of rotatable bonds is 6. The van der Waals surface area contributed by atoms with Crippen molar-refractivity contribution < 1.29 is 13.2 Å². The largest absolute Gasteiger partial charge is 0.416 e. The predicted molar refractivity (Wildman–Crippen MR) is 87.1 cm³/mol. The first-order valence-electron chi connectivity index (χ1n) is 7.84. The van der Waals surface area contributed by atoms with Crippen molar-refractivity contribution in [3.8, 4) is 0 Å². The minimum absolute atomic E-state index is 0.170. The Morgan fingerprint density at radius 2 is 1.61 bits per heavy atom. The summed E-state index contributed by atoms with van der Waals surface area (Å²) in [5, 5.41) is 0. The highest BCUT2D eigenvalue weighted by Crippen LogP contribution is 2.30. The average molecular weight is 321 g/mol. The molecule has 0 bridgehead atoms. The highest BCUT2D eigenvalue weighted by atomic mass is 19.4. The van der Waals surface area contributed by atoms with Crippen molar-refractivity contribution in [2.24, 2.45) is 0 Å². The number of likely N-dealkylation sites (N-methyl/N-ethyl adjacent to an activating group) is 1. The van der Waals surface area contributed by atoms with E-state index in [0.29, 0.717) is 6.42 Å². The van der Waals surface area contributed by atoms with Gasteiger partial charge in [0.15, 0.2) is 0 Å². The Kier molecular flexibility index (Phi) is 5.83. The Labute approximate surface area is 135 Å². The summed E-state index contributed by atoms with van der Waals surface area (Å²) in [5.41, 5.74) is 1.36. The third-order valence-electron chi connectivity index (χ3n) is 4.04. The van der Waals surface area contributed by atoms with Gasteiger partial charge in [-0.15, -0.1) is 0 Å². The monoisotopic (exact) mass is 321 g/mol. The van der Waals surface area contributed by atoms with Gasteiger partial charge in [-0.1, -0.05) is 55.5 Å². The fraction of sp³-hybridized carbons (Fsp3) is 0.368. The Bertz CT molecular complexity index is 608. The molecule has 0 N–H and O–H groups in total. The van der Waals surface area contributed by atoms with Gasteiger partial charge < -0.3 is 0 Å². The third-order valence-corrected chi connectivity index (χ3v) is 4.04. The van der Waals surface area contributed by atoms with E-state index in [1.54, 1.807) is 6.07 Å². The minimum atomic E-state index is -4.28. The van der Waals surface area contributed by atoms with E-state index >= 15 is 0 Å². The van der Waals surface area contributed by atoms with E-state index in [1.807, 2.05) is 18.2 Å². The van der Waals surface area contributed by atoms with Gasteiger partial charge in [-0.25, -0.2) is 0 Å². The summed E-state index contributed by atoms with van der Waals surface area (Å²) in [6.07, 6.45) is -3.68. The predicted octanol–water partition coefficient (Wildman–Crippen LogP) is 5.16. The van der Waals surface area contributed by atoms with Crippen molar-refractivity contribution in [2.75, 3.05) is 6.54 Å². The van der Waals surface area contributed by atoms with E-state index in [9.17, 15) is 13.2 Å². The van der Waals surface area contributed by atoms with Crippen LogP contribution in [0, 0.1) is 0 Å². The van der Waals surface area contributed by atoms with Crippen LogP contribution in [0.15, 0.2) is 54.6 Å². The molecular weight excluding hydrogens is 299 g/mol. The lowest BCUT2D eigenvalue weighted by atomic mass is 10.0. The fourth-order valence-corrected chi connectivity index (χ4v) is 2.74. The zero-order valence-electron chi connectivity index (χ0n) is 13.5. The summed E-state index contributed by atoms with van der Waals surface area (Å²) in [6.45, 7) is 5.80. The molecule has 1 nitrogen and oxygen atoms in total. The fourth-order valence-electron chi connectivity index (χ4n) is 2.74. The molecule has 23 heavy (non-hydrogen) atoms. The first-order chi connectivity index (χ1) is 10.9. The van der Waals surface area contributed by atoms with Crippen molar-refractivity contribution in [2.45, 2.75) is 39.0 Å². The summed E-state index contributed by atoms with van der Waals surface area (Å²) in [7, 11) is 0. The van der Waals surface area contributed by atoms with Crippen LogP contribution in [-0.2, 0) is 19.1 Å². The molecule has 0 aliphatic carbocycles. The first kappa shape index (κ1) is 17.5. The topological polar surface area (TPSA) is 3.24 Å². The molecule has 4 heteroatoms. The lowest BCUT2D eigenvalue weighted by molar-refractivity contribution is -0.137. The lowest BCUT2D eigenvalue weighted by Gasteiger charge is -2.28. The molecule has 0 saturated heterocycles. The summed E-state index contributed by atoms with van der Waals surface area (Å²) in [4.78, 5) is 2.27. The van der Waals surface area contributed by atoms with Crippen LogP contribution in [0.3, 0.4) is 0 Å². The van der Waals surface area contributed by atoms with E-state index in [1.165, 1.54) is 17.7 Å². The molecule has 0 fully saturated rings. The van der Waals surface area contributed by atoms with Crippen LogP contribution >= 0.6 is 0 Å². The second-order valence-electron chi connectivity index (χ2n) is 5.80. The van der Waals surface area contributed by atoms with Crippen molar-refractivity contribution in [3.63, 3.8) is 0 Å². The van der Waals surface area contributed by atoms with Gasteiger partial charge in [-0.05, 0) is 37.1 Å². The molecular formula is C19H22F3N. The summed E-state index contributed by atoms with van der Waals surface area (Å²) >= 11 is 0. The van der Waals surface area contributed by atoms with E-state index in [-0.39, 0.29) is 6.04 Å². The zero-order chi connectivity index (χ0) is 16.9. The van der Waals surface area contributed by atoms with E-state index in [2.05, 4.69) is 30.9 Å². The SMILES string of the molecule is CCN(Cc1ccccc1)C(C)Cc1cccc(C(F)(F)F)c1. The summed E-state index contributed by atoms with van der Waals surface area (Å²) in [6, 6.07) is 15.9. The van der Waals surface area contributed by atoms with Gasteiger partial charge in [-0.2, -0.15) is 13.2 Å². The molecule has 0 saturated carbocycles. The molecule has 0 spiro atoms. The Hall–Kier alpha value is -1.81. The van der Waals surface area contributed by atoms with Crippen LogP contribution in [0.25, 0.3) is 0 Å². The molecule has 0 heterocycles. The molecule has 1 atom stereocenters. The molecule has 0 amide bonds. The van der Waals surface area contributed by atoms with Crippen LogP contribution in [0.5, 0.6) is 0 Å². The number of halogens is 3. The van der Waals surface area contributed by atoms with Crippen molar-refractivity contribution in [3.05, 3.63) is 71.3 Å². The molecule has 2 aromatic carbocycles. The van der Waals surface area contributed by atoms with Gasteiger partial charge in [0.05, 0.1) is 5.56 Å². The first-order valence-corrected chi connectivity index (χ1v) is 7.84. The summed E-state index contributed by atoms with van der Waals surface area (Å²) in [5.74, 6) is 0. The third kappa shape index (κ3) is 5.10. The molecule has 2 aromatic rings. The van der Waals surface area contributed by atoms with Crippen LogP contribution in [-0.4, -0.2) is 17.5 Å². The van der Waals surface area contributed by atoms with Gasteiger partial charge in [0.25, 0.3) is 0 Å². The number of hydrogen-bond acceptors (Lipinski definition) is 1. The Morgan fingerprint density at radius 1 is 0.957 bits per heavy atom. The average Bonchev–Trinajstić information content (AvgIpc) is 2.53. The van der Waals surface area contributed by atoms with E-state index in [0.717, 1.165) is 24.7 Å². The molecule has 2 rings (SSSR count). The van der Waals surface area contributed by atoms with Crippen molar-refractivity contribution in [1.29, 1.82) is 0 Å². The zero-order valence-corrected chi connectivity index (χ0v) is 13.5. The molecule has 0 aromatic heterocycles. The second kappa shape index (κ2) is 7.64. The van der Waals surface area contributed by atoms with E-state index < -0.39 is 11.7 Å². The van der Waals surface area contributed by atoms with Crippen molar-refractivity contribution in [1.82, 2.24) is 4.90 Å². The van der Waals surface area contributed by atoms with Gasteiger partial charge in [0, 0.05) is 12.6 Å². The number of alkyl halides is 3. The van der Waals surface area contributed by atoms with E-state index in [4.69, 9.17) is 0 Å². The Balaban J connectivity index is 2.06. The molecule has 0 radical (unpaired) electrons. The van der Waals surface area contributed by atoms with Crippen LogP contribution in [0.2, 0.25) is 0 Å². The standard InChI is InChI=1S/C19H22F3N/c1-3-23(14-16-8-5-4-6-9-16)15(2)12-17-10-7-11-18(13-17)19(20,21)22/h4-11,13,15H,3,12,14H2,1-2H3. The Morgan fingerprint density at radius 3 is 2.22 bits per heavy atom. The molecule has 0 aliphatic heterocycles. The van der Waals surface area contributed by atoms with Gasteiger partial charge >= 0.3 is 6.18 Å². The van der Waals surface area contributed by atoms with Crippen LogP contribution in [0.4, 0.5) is 13.2 Å². The quantitative estimate of drug-likeness (QED) is 0.710.